The normalized spacial score (nSPS) is 18.6. The Morgan fingerprint density at radius 1 is 1.00 bits per heavy atom. The van der Waals surface area contributed by atoms with Crippen LogP contribution in [0.25, 0.3) is 21.8 Å². The third kappa shape index (κ3) is 3.62. The zero-order valence-corrected chi connectivity index (χ0v) is 16.6. The Bertz CT molecular complexity index is 1350. The van der Waals surface area contributed by atoms with Crippen LogP contribution in [-0.2, 0) is 13.0 Å². The summed E-state index contributed by atoms with van der Waals surface area (Å²) in [5, 5.41) is 20.0. The van der Waals surface area contributed by atoms with Gasteiger partial charge in [-0.05, 0) is 58.3 Å². The Balaban J connectivity index is 1.45. The third-order valence-electron chi connectivity index (χ3n) is 5.50. The summed E-state index contributed by atoms with van der Waals surface area (Å²) in [6.45, 7) is 0.499. The molecule has 1 atom stereocenters. The summed E-state index contributed by atoms with van der Waals surface area (Å²) in [6, 6.07) is 16.2. The van der Waals surface area contributed by atoms with E-state index in [-0.39, 0.29) is 11.5 Å². The van der Waals surface area contributed by atoms with Gasteiger partial charge in [0.05, 0.1) is 11.1 Å². The Hall–Kier alpha value is -4.11. The molecular formula is C22H21N7O2. The van der Waals surface area contributed by atoms with Gasteiger partial charge in [-0.2, -0.15) is 0 Å². The first-order valence-corrected chi connectivity index (χ1v) is 9.86. The topological polar surface area (TPSA) is 137 Å². The van der Waals surface area contributed by atoms with Crippen molar-refractivity contribution in [2.75, 3.05) is 0 Å². The predicted octanol–water partition coefficient (Wildman–Crippen LogP) is 2.71. The molecule has 156 valence electrons. The lowest BCUT2D eigenvalue weighted by Gasteiger charge is -2.34. The summed E-state index contributed by atoms with van der Waals surface area (Å²) >= 11 is 0. The van der Waals surface area contributed by atoms with Crippen LogP contribution in [0.2, 0.25) is 0 Å². The smallest absolute Gasteiger partial charge is 0.326 e. The number of nitrogens with zero attached hydrogens (tertiary/aromatic N) is 2. The summed E-state index contributed by atoms with van der Waals surface area (Å²) in [4.78, 5) is 21.6. The van der Waals surface area contributed by atoms with E-state index in [1.165, 1.54) is 6.20 Å². The molecule has 0 aliphatic carbocycles. The van der Waals surface area contributed by atoms with E-state index in [1.807, 2.05) is 48.8 Å². The number of rotatable bonds is 6. The zero-order valence-electron chi connectivity index (χ0n) is 16.6. The number of amidine groups is 1. The number of aromatic amines is 2. The molecule has 2 aromatic heterocycles. The maximum Gasteiger partial charge on any atom is 0.326 e. The number of aliphatic imine (C=N–C) groups is 1. The van der Waals surface area contributed by atoms with Crippen molar-refractivity contribution in [2.45, 2.75) is 18.8 Å². The molecule has 0 fully saturated rings. The van der Waals surface area contributed by atoms with Gasteiger partial charge in [0.15, 0.2) is 5.79 Å². The van der Waals surface area contributed by atoms with Crippen LogP contribution in [0.3, 0.4) is 0 Å². The van der Waals surface area contributed by atoms with Gasteiger partial charge >= 0.3 is 5.70 Å². The monoisotopic (exact) mass is 415 g/mol. The maximum absolute atomic E-state index is 11.2. The molecule has 0 amide bonds. The number of hydrogen-bond donors (Lipinski definition) is 5. The molecular weight excluding hydrogens is 394 g/mol. The van der Waals surface area contributed by atoms with Crippen LogP contribution in [0.4, 0.5) is 0 Å². The first-order valence-electron chi connectivity index (χ1n) is 9.86. The number of nitro groups is 1. The molecule has 1 unspecified atom stereocenters. The number of benzene rings is 2. The van der Waals surface area contributed by atoms with Gasteiger partial charge in [-0.25, -0.2) is 4.99 Å². The molecule has 0 saturated carbocycles. The van der Waals surface area contributed by atoms with E-state index < -0.39 is 10.7 Å². The third-order valence-corrected chi connectivity index (χ3v) is 5.50. The largest absolute Gasteiger partial charge is 0.378 e. The first-order chi connectivity index (χ1) is 15.0. The van der Waals surface area contributed by atoms with E-state index in [1.54, 1.807) is 0 Å². The van der Waals surface area contributed by atoms with Crippen molar-refractivity contribution >= 4 is 27.6 Å². The lowest BCUT2D eigenvalue weighted by atomic mass is 10.0. The quantitative estimate of drug-likeness (QED) is 0.244. The fourth-order valence-corrected chi connectivity index (χ4v) is 3.92. The number of hydrogen-bond acceptors (Lipinski definition) is 6. The average molecular weight is 415 g/mol. The van der Waals surface area contributed by atoms with Gasteiger partial charge in [-0.15, -0.1) is 0 Å². The summed E-state index contributed by atoms with van der Waals surface area (Å²) < 4.78 is 0. The number of aromatic nitrogens is 2. The van der Waals surface area contributed by atoms with Gasteiger partial charge in [0.2, 0.25) is 5.84 Å². The van der Waals surface area contributed by atoms with Crippen LogP contribution in [0.5, 0.6) is 0 Å². The van der Waals surface area contributed by atoms with E-state index in [0.717, 1.165) is 32.9 Å². The van der Waals surface area contributed by atoms with Crippen molar-refractivity contribution in [3.63, 3.8) is 0 Å². The van der Waals surface area contributed by atoms with Crippen molar-refractivity contribution in [1.29, 1.82) is 0 Å². The van der Waals surface area contributed by atoms with Gasteiger partial charge in [-0.1, -0.05) is 12.1 Å². The molecule has 9 nitrogen and oxygen atoms in total. The van der Waals surface area contributed by atoms with E-state index in [2.05, 4.69) is 37.7 Å². The zero-order chi connectivity index (χ0) is 21.4. The highest BCUT2D eigenvalue weighted by Gasteiger charge is 2.35. The molecule has 1 aliphatic rings. The van der Waals surface area contributed by atoms with Crippen molar-refractivity contribution in [1.82, 2.24) is 20.6 Å². The lowest BCUT2D eigenvalue weighted by Crippen LogP contribution is -2.58. The number of fused-ring (bicyclic) bond motifs is 2. The van der Waals surface area contributed by atoms with Crippen LogP contribution in [-0.4, -0.2) is 26.5 Å². The second-order valence-corrected chi connectivity index (χ2v) is 7.62. The molecule has 0 spiro atoms. The molecule has 0 radical (unpaired) electrons. The Kier molecular flexibility index (Phi) is 4.45. The molecule has 9 heteroatoms. The van der Waals surface area contributed by atoms with Gasteiger partial charge in [0.1, 0.15) is 0 Å². The second kappa shape index (κ2) is 7.29. The number of nitrogens with one attached hydrogen (secondary N) is 4. The highest BCUT2D eigenvalue weighted by atomic mass is 16.6. The second-order valence-electron chi connectivity index (χ2n) is 7.62. The molecule has 4 aromatic rings. The first kappa shape index (κ1) is 18.9. The van der Waals surface area contributed by atoms with E-state index in [4.69, 9.17) is 5.73 Å². The predicted molar refractivity (Wildman–Crippen MR) is 120 cm³/mol. The molecule has 0 saturated heterocycles. The molecule has 0 bridgehead atoms. The minimum Gasteiger partial charge on any atom is -0.378 e. The summed E-state index contributed by atoms with van der Waals surface area (Å²) in [5.41, 5.74) is 9.91. The van der Waals surface area contributed by atoms with Crippen LogP contribution in [0.15, 0.2) is 77.8 Å². The Labute approximate surface area is 177 Å². The molecule has 3 heterocycles. The minimum atomic E-state index is -1.01. The van der Waals surface area contributed by atoms with Crippen molar-refractivity contribution in [3.8, 4) is 0 Å². The van der Waals surface area contributed by atoms with Crippen LogP contribution in [0.1, 0.15) is 11.1 Å². The SMILES string of the molecule is NC1=NC(Cc2ccc3[nH]ccc3c2)(NCc2ccc3[nH]ccc3c2)NC=C1[N+](=O)[O-]. The average Bonchev–Trinajstić information content (AvgIpc) is 3.40. The Morgan fingerprint density at radius 3 is 2.29 bits per heavy atom. The number of H-pyrrole nitrogens is 2. The van der Waals surface area contributed by atoms with Crippen molar-refractivity contribution < 1.29 is 4.92 Å². The summed E-state index contributed by atoms with van der Waals surface area (Å²) in [7, 11) is 0. The molecule has 6 N–H and O–H groups in total. The fraction of sp³-hybridized carbons (Fsp3) is 0.136. The highest BCUT2D eigenvalue weighted by Crippen LogP contribution is 2.22. The van der Waals surface area contributed by atoms with E-state index in [9.17, 15) is 10.1 Å². The van der Waals surface area contributed by atoms with Gasteiger partial charge in [0, 0.05) is 36.4 Å². The van der Waals surface area contributed by atoms with E-state index >= 15 is 0 Å². The summed E-state index contributed by atoms with van der Waals surface area (Å²) in [5.74, 6) is -1.12. The molecule has 1 aliphatic heterocycles. The van der Waals surface area contributed by atoms with Gasteiger partial charge in [0.25, 0.3) is 0 Å². The van der Waals surface area contributed by atoms with E-state index in [0.29, 0.717) is 13.0 Å². The molecule has 2 aromatic carbocycles. The highest BCUT2D eigenvalue weighted by molar-refractivity contribution is 5.95. The Morgan fingerprint density at radius 2 is 1.65 bits per heavy atom. The molecule has 31 heavy (non-hydrogen) atoms. The lowest BCUT2D eigenvalue weighted by molar-refractivity contribution is -0.416. The maximum atomic E-state index is 11.2. The number of nitrogens with two attached hydrogens (primary N) is 1. The van der Waals surface area contributed by atoms with Gasteiger partial charge in [-0.3, -0.25) is 15.4 Å². The van der Waals surface area contributed by atoms with Gasteiger partial charge < -0.3 is 21.0 Å². The minimum absolute atomic E-state index is 0.111. The van der Waals surface area contributed by atoms with Crippen molar-refractivity contribution in [3.05, 3.63) is 94.1 Å². The van der Waals surface area contributed by atoms with Crippen LogP contribution < -0.4 is 16.4 Å². The van der Waals surface area contributed by atoms with Crippen LogP contribution in [0, 0.1) is 10.1 Å². The summed E-state index contributed by atoms with van der Waals surface area (Å²) in [6.07, 6.45) is 5.56. The fourth-order valence-electron chi connectivity index (χ4n) is 3.92. The van der Waals surface area contributed by atoms with Crippen molar-refractivity contribution in [2.24, 2.45) is 10.7 Å². The standard InChI is InChI=1S/C22H21N7O2/c23-21-20(29(30)31)13-27-22(28-21,11-14-1-3-18-16(9-14)5-7-24-18)26-12-15-2-4-19-17(10-15)6-8-25-19/h1-10,13,24-27H,11-12H2,(H2,23,28). The van der Waals surface area contributed by atoms with Crippen LogP contribution >= 0.6 is 0 Å². The molecule has 5 rings (SSSR count).